The second-order valence-corrected chi connectivity index (χ2v) is 4.56. The summed E-state index contributed by atoms with van der Waals surface area (Å²) in [6, 6.07) is 5.23. The molecule has 1 saturated heterocycles. The minimum absolute atomic E-state index is 0.0110. The van der Waals surface area contributed by atoms with Gasteiger partial charge in [-0.2, -0.15) is 0 Å². The molecule has 104 valence electrons. The van der Waals surface area contributed by atoms with Crippen molar-refractivity contribution in [2.45, 2.75) is 25.3 Å². The molecule has 1 unspecified atom stereocenters. The fraction of sp³-hybridized carbons (Fsp3) is 0.500. The largest absolute Gasteiger partial charge is 0.497 e. The quantitative estimate of drug-likeness (QED) is 0.870. The Kier molecular flexibility index (Phi) is 4.63. The summed E-state index contributed by atoms with van der Waals surface area (Å²) in [5.74, 6) is 1.29. The Labute approximate surface area is 113 Å². The zero-order valence-corrected chi connectivity index (χ0v) is 11.4. The average molecular weight is 264 g/mol. The first kappa shape index (κ1) is 13.7. The molecule has 1 aliphatic heterocycles. The normalized spacial score (nSPS) is 18.7. The van der Waals surface area contributed by atoms with Crippen LogP contribution in [0.4, 0.5) is 5.69 Å². The Morgan fingerprint density at radius 3 is 2.79 bits per heavy atom. The lowest BCUT2D eigenvalue weighted by Crippen LogP contribution is -2.43. The van der Waals surface area contributed by atoms with Gasteiger partial charge in [-0.1, -0.05) is 6.42 Å². The molecule has 1 aromatic rings. The molecule has 1 aromatic carbocycles. The third-order valence-electron chi connectivity index (χ3n) is 3.29. The summed E-state index contributed by atoms with van der Waals surface area (Å²) in [5.41, 5.74) is 0.667. The van der Waals surface area contributed by atoms with E-state index in [9.17, 15) is 4.79 Å². The number of ether oxygens (including phenoxy) is 2. The van der Waals surface area contributed by atoms with Crippen LogP contribution in [0.15, 0.2) is 18.2 Å². The van der Waals surface area contributed by atoms with E-state index in [1.54, 1.807) is 32.4 Å². The van der Waals surface area contributed by atoms with Crippen molar-refractivity contribution in [3.05, 3.63) is 18.2 Å². The number of nitrogens with one attached hydrogen (secondary N) is 2. The molecule has 1 amide bonds. The Bertz CT molecular complexity index is 442. The molecular formula is C14H20N2O3. The van der Waals surface area contributed by atoms with Crippen LogP contribution in [-0.2, 0) is 4.79 Å². The molecule has 19 heavy (non-hydrogen) atoms. The highest BCUT2D eigenvalue weighted by Crippen LogP contribution is 2.29. The van der Waals surface area contributed by atoms with Crippen molar-refractivity contribution < 1.29 is 14.3 Å². The van der Waals surface area contributed by atoms with Crippen LogP contribution in [0.2, 0.25) is 0 Å². The third-order valence-corrected chi connectivity index (χ3v) is 3.29. The Balaban J connectivity index is 2.07. The van der Waals surface area contributed by atoms with E-state index in [-0.39, 0.29) is 11.9 Å². The van der Waals surface area contributed by atoms with Crippen molar-refractivity contribution in [3.8, 4) is 11.5 Å². The van der Waals surface area contributed by atoms with Gasteiger partial charge in [0.2, 0.25) is 5.91 Å². The zero-order chi connectivity index (χ0) is 13.7. The van der Waals surface area contributed by atoms with Crippen LogP contribution in [0, 0.1) is 0 Å². The minimum atomic E-state index is -0.111. The van der Waals surface area contributed by atoms with Crippen LogP contribution in [0.5, 0.6) is 11.5 Å². The topological polar surface area (TPSA) is 59.6 Å². The van der Waals surface area contributed by atoms with Crippen molar-refractivity contribution in [3.63, 3.8) is 0 Å². The maximum Gasteiger partial charge on any atom is 0.241 e. The van der Waals surface area contributed by atoms with E-state index >= 15 is 0 Å². The number of rotatable bonds is 4. The lowest BCUT2D eigenvalue weighted by molar-refractivity contribution is -0.118. The van der Waals surface area contributed by atoms with Crippen molar-refractivity contribution in [1.82, 2.24) is 5.32 Å². The van der Waals surface area contributed by atoms with Gasteiger partial charge in [-0.15, -0.1) is 0 Å². The highest BCUT2D eigenvalue weighted by Gasteiger charge is 2.21. The molecule has 1 aliphatic rings. The van der Waals surface area contributed by atoms with Crippen molar-refractivity contribution in [2.24, 2.45) is 0 Å². The predicted molar refractivity (Wildman–Crippen MR) is 73.8 cm³/mol. The molecule has 0 aromatic heterocycles. The second-order valence-electron chi connectivity index (χ2n) is 4.56. The van der Waals surface area contributed by atoms with E-state index in [2.05, 4.69) is 10.6 Å². The van der Waals surface area contributed by atoms with E-state index < -0.39 is 0 Å². The van der Waals surface area contributed by atoms with Crippen LogP contribution in [0.25, 0.3) is 0 Å². The molecule has 1 heterocycles. The van der Waals surface area contributed by atoms with E-state index in [1.165, 1.54) is 0 Å². The fourth-order valence-electron chi connectivity index (χ4n) is 2.20. The number of carbonyl (C=O) groups excluding carboxylic acids is 1. The number of hydrogen-bond acceptors (Lipinski definition) is 4. The Hall–Kier alpha value is -1.75. The molecule has 0 spiro atoms. The summed E-state index contributed by atoms with van der Waals surface area (Å²) >= 11 is 0. The Morgan fingerprint density at radius 1 is 1.32 bits per heavy atom. The minimum Gasteiger partial charge on any atom is -0.497 e. The maximum atomic E-state index is 12.1. The number of methoxy groups -OCH3 is 2. The lowest BCUT2D eigenvalue weighted by atomic mass is 10.0. The first-order chi connectivity index (χ1) is 9.24. The fourth-order valence-corrected chi connectivity index (χ4v) is 2.20. The monoisotopic (exact) mass is 264 g/mol. The Morgan fingerprint density at radius 2 is 2.16 bits per heavy atom. The number of anilines is 1. The van der Waals surface area contributed by atoms with E-state index in [0.29, 0.717) is 17.2 Å². The zero-order valence-electron chi connectivity index (χ0n) is 11.4. The smallest absolute Gasteiger partial charge is 0.241 e. The summed E-state index contributed by atoms with van der Waals surface area (Å²) in [7, 11) is 3.17. The van der Waals surface area contributed by atoms with Crippen molar-refractivity contribution in [2.75, 3.05) is 26.1 Å². The van der Waals surface area contributed by atoms with Crippen LogP contribution in [-0.4, -0.2) is 32.7 Å². The maximum absolute atomic E-state index is 12.1. The first-order valence-electron chi connectivity index (χ1n) is 6.51. The molecule has 5 heteroatoms. The predicted octanol–water partition coefficient (Wildman–Crippen LogP) is 1.78. The number of amides is 1. The van der Waals surface area contributed by atoms with Crippen molar-refractivity contribution >= 4 is 11.6 Å². The van der Waals surface area contributed by atoms with Gasteiger partial charge in [0.15, 0.2) is 0 Å². The highest BCUT2D eigenvalue weighted by molar-refractivity contribution is 5.96. The van der Waals surface area contributed by atoms with Gasteiger partial charge in [0, 0.05) is 6.07 Å². The summed E-state index contributed by atoms with van der Waals surface area (Å²) in [4.78, 5) is 12.1. The number of piperidine rings is 1. The van der Waals surface area contributed by atoms with Gasteiger partial charge in [-0.3, -0.25) is 4.79 Å². The highest BCUT2D eigenvalue weighted by atomic mass is 16.5. The van der Waals surface area contributed by atoms with Gasteiger partial charge in [0.25, 0.3) is 0 Å². The molecule has 5 nitrogen and oxygen atoms in total. The summed E-state index contributed by atoms with van der Waals surface area (Å²) in [5, 5.41) is 6.12. The summed E-state index contributed by atoms with van der Waals surface area (Å²) in [6.07, 6.45) is 3.10. The summed E-state index contributed by atoms with van der Waals surface area (Å²) < 4.78 is 10.4. The van der Waals surface area contributed by atoms with Crippen LogP contribution < -0.4 is 20.1 Å². The second kappa shape index (κ2) is 6.43. The van der Waals surface area contributed by atoms with E-state index in [0.717, 1.165) is 25.8 Å². The van der Waals surface area contributed by atoms with Gasteiger partial charge in [-0.25, -0.2) is 0 Å². The standard InChI is InChI=1S/C14H20N2O3/c1-18-10-6-7-11(13(9-10)19-2)16-14(17)12-5-3-4-8-15-12/h6-7,9,12,15H,3-5,8H2,1-2H3,(H,16,17). The molecule has 1 fully saturated rings. The molecule has 0 bridgehead atoms. The summed E-state index contributed by atoms with van der Waals surface area (Å²) in [6.45, 7) is 0.901. The van der Waals surface area contributed by atoms with Gasteiger partial charge < -0.3 is 20.1 Å². The van der Waals surface area contributed by atoms with Gasteiger partial charge in [-0.05, 0) is 31.5 Å². The van der Waals surface area contributed by atoms with E-state index in [1.807, 2.05) is 0 Å². The van der Waals surface area contributed by atoms with Gasteiger partial charge >= 0.3 is 0 Å². The molecular weight excluding hydrogens is 244 g/mol. The SMILES string of the molecule is COc1ccc(NC(=O)C2CCCCN2)c(OC)c1. The molecule has 0 radical (unpaired) electrons. The van der Waals surface area contributed by atoms with Crippen LogP contribution >= 0.6 is 0 Å². The first-order valence-corrected chi connectivity index (χ1v) is 6.51. The average Bonchev–Trinajstić information content (AvgIpc) is 2.48. The lowest BCUT2D eigenvalue weighted by Gasteiger charge is -2.23. The van der Waals surface area contributed by atoms with Crippen LogP contribution in [0.3, 0.4) is 0 Å². The van der Waals surface area contributed by atoms with Gasteiger partial charge in [0.1, 0.15) is 11.5 Å². The van der Waals surface area contributed by atoms with Crippen molar-refractivity contribution in [1.29, 1.82) is 0 Å². The molecule has 2 N–H and O–H groups in total. The molecule has 2 rings (SSSR count). The van der Waals surface area contributed by atoms with E-state index in [4.69, 9.17) is 9.47 Å². The number of benzene rings is 1. The molecule has 0 aliphatic carbocycles. The molecule has 1 atom stereocenters. The van der Waals surface area contributed by atoms with Gasteiger partial charge in [0.05, 0.1) is 25.9 Å². The van der Waals surface area contributed by atoms with Crippen LogP contribution in [0.1, 0.15) is 19.3 Å². The number of carbonyl (C=O) groups is 1. The number of hydrogen-bond donors (Lipinski definition) is 2. The third kappa shape index (κ3) is 3.38. The molecule has 0 saturated carbocycles.